The third-order valence-corrected chi connectivity index (χ3v) is 8.90. The standard InChI is InChI=1S/2C17H22NP.2ClH.Co/c2*1-12(2)19-17-11-16(10-7-14(17)4)18-15-8-5-13(3)6-9-15;;;/h2*5-12,18-19H,1-4H3;2*1H;/q;;;;+2/p-2. The molecule has 2 N–H and O–H groups in total. The summed E-state index contributed by atoms with van der Waals surface area (Å²) in [5, 5.41) is 9.88. The Kier molecular flexibility index (Phi) is 16.4. The Bertz CT molecular complexity index is 1220. The van der Waals surface area contributed by atoms with E-state index in [0.717, 1.165) is 28.5 Å². The van der Waals surface area contributed by atoms with Crippen LogP contribution in [0.1, 0.15) is 49.9 Å². The van der Waals surface area contributed by atoms with Crippen LogP contribution in [-0.2, 0) is 12.9 Å². The Morgan fingerprint density at radius 2 is 0.805 bits per heavy atom. The Hall–Kier alpha value is -1.57. The number of aryl methyl sites for hydroxylation is 4. The molecule has 0 heterocycles. The van der Waals surface area contributed by atoms with Gasteiger partial charge >= 0.3 is 33.2 Å². The van der Waals surface area contributed by atoms with Crippen molar-refractivity contribution >= 4 is 70.8 Å². The molecule has 4 rings (SSSR count). The van der Waals surface area contributed by atoms with Gasteiger partial charge in [0.15, 0.2) is 0 Å². The molecule has 0 aliphatic heterocycles. The van der Waals surface area contributed by atoms with Crippen LogP contribution in [0.25, 0.3) is 0 Å². The predicted molar refractivity (Wildman–Crippen MR) is 189 cm³/mol. The normalized spacial score (nSPS) is 11.1. The van der Waals surface area contributed by atoms with Gasteiger partial charge in [0.25, 0.3) is 0 Å². The van der Waals surface area contributed by atoms with E-state index in [9.17, 15) is 0 Å². The molecular formula is C34H44Cl2CoN2P2. The van der Waals surface area contributed by atoms with Crippen LogP contribution in [0.15, 0.2) is 84.9 Å². The molecular weight excluding hydrogens is 628 g/mol. The number of nitrogens with one attached hydrogen (secondary N) is 2. The van der Waals surface area contributed by atoms with E-state index in [1.807, 2.05) is 0 Å². The van der Waals surface area contributed by atoms with Crippen molar-refractivity contribution in [2.24, 2.45) is 0 Å². The van der Waals surface area contributed by atoms with Crippen LogP contribution in [0.3, 0.4) is 0 Å². The third kappa shape index (κ3) is 14.0. The summed E-state index contributed by atoms with van der Waals surface area (Å²) < 4.78 is 0. The van der Waals surface area contributed by atoms with Gasteiger partial charge in [0, 0.05) is 22.7 Å². The molecule has 0 aromatic heterocycles. The van der Waals surface area contributed by atoms with Crippen LogP contribution in [0.2, 0.25) is 0 Å². The number of rotatable bonds is 8. The minimum absolute atomic E-state index is 0.382. The average Bonchev–Trinajstić information content (AvgIpc) is 2.91. The number of hydrogen-bond donors (Lipinski definition) is 2. The Balaban J connectivity index is 0.000000262. The summed E-state index contributed by atoms with van der Waals surface area (Å²) in [5.41, 5.74) is 11.4. The van der Waals surface area contributed by atoms with Crippen molar-refractivity contribution in [3.05, 3.63) is 107 Å². The Labute approximate surface area is 266 Å². The van der Waals surface area contributed by atoms with Crippen molar-refractivity contribution in [1.29, 1.82) is 0 Å². The molecule has 0 aliphatic rings. The van der Waals surface area contributed by atoms with Crippen LogP contribution in [0.5, 0.6) is 0 Å². The molecule has 0 spiro atoms. The molecule has 4 aromatic rings. The van der Waals surface area contributed by atoms with Crippen molar-refractivity contribution in [2.75, 3.05) is 10.6 Å². The van der Waals surface area contributed by atoms with E-state index in [1.165, 1.54) is 44.2 Å². The average molecular weight is 673 g/mol. The fourth-order valence-electron chi connectivity index (χ4n) is 3.94. The van der Waals surface area contributed by atoms with Gasteiger partial charge < -0.3 is 10.6 Å². The van der Waals surface area contributed by atoms with Gasteiger partial charge in [-0.3, -0.25) is 0 Å². The fourth-order valence-corrected chi connectivity index (χ4v) is 6.28. The number of anilines is 4. The molecule has 7 heteroatoms. The van der Waals surface area contributed by atoms with Gasteiger partial charge in [-0.05, 0) is 109 Å². The molecule has 0 radical (unpaired) electrons. The summed E-state index contributed by atoms with van der Waals surface area (Å²) in [5.74, 6) is 0. The van der Waals surface area contributed by atoms with E-state index in [0.29, 0.717) is 24.2 Å². The van der Waals surface area contributed by atoms with Gasteiger partial charge in [-0.1, -0.05) is 92.4 Å². The zero-order chi connectivity index (χ0) is 30.4. The van der Waals surface area contributed by atoms with E-state index in [-0.39, 0.29) is 0 Å². The topological polar surface area (TPSA) is 24.1 Å². The van der Waals surface area contributed by atoms with Crippen LogP contribution in [-0.4, -0.2) is 11.3 Å². The van der Waals surface area contributed by atoms with Gasteiger partial charge in [0.05, 0.1) is 0 Å². The number of halogens is 2. The van der Waals surface area contributed by atoms with Crippen LogP contribution < -0.4 is 21.2 Å². The zero-order valence-electron chi connectivity index (χ0n) is 25.3. The maximum absolute atomic E-state index is 4.73. The number of benzene rings is 4. The first-order chi connectivity index (χ1) is 19.5. The Morgan fingerprint density at radius 1 is 0.512 bits per heavy atom. The van der Waals surface area contributed by atoms with Gasteiger partial charge in [0.2, 0.25) is 0 Å². The second kappa shape index (κ2) is 18.9. The zero-order valence-corrected chi connectivity index (χ0v) is 29.9. The molecule has 0 saturated heterocycles. The minimum atomic E-state index is 0.382. The maximum atomic E-state index is 4.73. The molecule has 41 heavy (non-hydrogen) atoms. The predicted octanol–water partition coefficient (Wildman–Crippen LogP) is 10.9. The molecule has 2 atom stereocenters. The first-order valence-corrected chi connectivity index (χ1v) is 18.8. The van der Waals surface area contributed by atoms with Crippen LogP contribution in [0.4, 0.5) is 22.7 Å². The van der Waals surface area contributed by atoms with E-state index in [2.05, 4.69) is 151 Å². The molecule has 0 fully saturated rings. The Morgan fingerprint density at radius 3 is 1.10 bits per heavy atom. The van der Waals surface area contributed by atoms with E-state index >= 15 is 0 Å². The van der Waals surface area contributed by atoms with Crippen LogP contribution in [0, 0.1) is 27.7 Å². The van der Waals surface area contributed by atoms with Crippen molar-refractivity contribution in [1.82, 2.24) is 0 Å². The fraction of sp³-hybridized carbons (Fsp3) is 0.294. The molecule has 223 valence electrons. The van der Waals surface area contributed by atoms with Gasteiger partial charge in [-0.2, -0.15) is 0 Å². The van der Waals surface area contributed by atoms with E-state index in [1.54, 1.807) is 0 Å². The van der Waals surface area contributed by atoms with Crippen LogP contribution >= 0.6 is 37.5 Å². The van der Waals surface area contributed by atoms with E-state index in [4.69, 9.17) is 20.3 Å². The molecule has 2 nitrogen and oxygen atoms in total. The first-order valence-electron chi connectivity index (χ1n) is 13.8. The third-order valence-electron chi connectivity index (χ3n) is 6.04. The van der Waals surface area contributed by atoms with Crippen molar-refractivity contribution < 1.29 is 12.9 Å². The van der Waals surface area contributed by atoms with Crippen molar-refractivity contribution in [2.45, 2.75) is 66.7 Å². The second-order valence-electron chi connectivity index (χ2n) is 10.7. The first kappa shape index (κ1) is 35.6. The summed E-state index contributed by atoms with van der Waals surface area (Å²) in [6.45, 7) is 17.7. The summed E-state index contributed by atoms with van der Waals surface area (Å²) in [4.78, 5) is 0. The number of hydrogen-bond acceptors (Lipinski definition) is 2. The summed E-state index contributed by atoms with van der Waals surface area (Å²) >= 11 is 0.382. The summed E-state index contributed by atoms with van der Waals surface area (Å²) in [7, 11) is 11.2. The van der Waals surface area contributed by atoms with Gasteiger partial charge in [-0.15, -0.1) is 0 Å². The van der Waals surface area contributed by atoms with Crippen molar-refractivity contribution in [3.63, 3.8) is 0 Å². The second-order valence-corrected chi connectivity index (χ2v) is 16.4. The monoisotopic (exact) mass is 671 g/mol. The molecule has 4 aromatic carbocycles. The summed E-state index contributed by atoms with van der Waals surface area (Å²) in [6.07, 6.45) is 0. The SMILES string of the molecule is Cc1ccc(Nc2ccc(C)c(PC(C)C)c2)cc1.Cc1ccc(Nc2ccc(C)c(PC(C)C)c2)cc1.[Cl][Co][Cl]. The van der Waals surface area contributed by atoms with Gasteiger partial charge in [-0.25, -0.2) is 0 Å². The van der Waals surface area contributed by atoms with Crippen molar-refractivity contribution in [3.8, 4) is 0 Å². The summed E-state index contributed by atoms with van der Waals surface area (Å²) in [6, 6.07) is 30.3. The molecule has 0 bridgehead atoms. The molecule has 2 unspecified atom stereocenters. The van der Waals surface area contributed by atoms with Gasteiger partial charge in [0.1, 0.15) is 0 Å². The quantitative estimate of drug-likeness (QED) is 0.182. The van der Waals surface area contributed by atoms with E-state index < -0.39 is 0 Å². The molecule has 0 saturated carbocycles. The molecule has 0 aliphatic carbocycles. The molecule has 0 amide bonds.